The highest BCUT2D eigenvalue weighted by Gasteiger charge is 2.26. The minimum atomic E-state index is -0.603. The van der Waals surface area contributed by atoms with E-state index >= 15 is 4.39 Å². The lowest BCUT2D eigenvalue weighted by Crippen LogP contribution is -2.46. The van der Waals surface area contributed by atoms with E-state index in [0.29, 0.717) is 17.2 Å². The van der Waals surface area contributed by atoms with Crippen LogP contribution in [0, 0.1) is 30.4 Å². The molecule has 1 aromatic carbocycles. The van der Waals surface area contributed by atoms with Gasteiger partial charge >= 0.3 is 0 Å². The second kappa shape index (κ2) is 16.4. The van der Waals surface area contributed by atoms with Gasteiger partial charge in [-0.2, -0.15) is 0 Å². The van der Waals surface area contributed by atoms with Gasteiger partial charge in [0.1, 0.15) is 17.2 Å². The Morgan fingerprint density at radius 2 is 1.72 bits per heavy atom. The predicted octanol–water partition coefficient (Wildman–Crippen LogP) is 9.54. The van der Waals surface area contributed by atoms with Crippen molar-refractivity contribution in [1.82, 2.24) is 19.8 Å². The lowest BCUT2D eigenvalue weighted by molar-refractivity contribution is 0.126. The first-order valence-corrected chi connectivity index (χ1v) is 17.7. The van der Waals surface area contributed by atoms with E-state index in [1.807, 2.05) is 34.6 Å². The molecule has 0 unspecified atom stereocenters. The van der Waals surface area contributed by atoms with Gasteiger partial charge in [0, 0.05) is 30.4 Å². The summed E-state index contributed by atoms with van der Waals surface area (Å²) in [6.45, 7) is 20.7. The molecule has 0 bridgehead atoms. The first kappa shape index (κ1) is 36.9. The van der Waals surface area contributed by atoms with Crippen molar-refractivity contribution in [2.24, 2.45) is 16.8 Å². The Balaban J connectivity index is 0.000000748. The quantitative estimate of drug-likeness (QED) is 0.289. The highest BCUT2D eigenvalue weighted by molar-refractivity contribution is 5.87. The van der Waals surface area contributed by atoms with Crippen LogP contribution in [0.3, 0.4) is 0 Å². The second-order valence-corrected chi connectivity index (χ2v) is 15.1. The van der Waals surface area contributed by atoms with E-state index in [4.69, 9.17) is 0 Å². The van der Waals surface area contributed by atoms with Crippen LogP contribution in [0.15, 0.2) is 46.6 Å². The minimum Gasteiger partial charge on any atom is -0.346 e. The lowest BCUT2D eigenvalue weighted by Gasteiger charge is -2.40. The number of piperidine rings is 1. The minimum absolute atomic E-state index is 0.0555. The molecule has 258 valence electrons. The highest BCUT2D eigenvalue weighted by atomic mass is 19.1. The van der Waals surface area contributed by atoms with E-state index in [1.165, 1.54) is 55.7 Å². The van der Waals surface area contributed by atoms with Gasteiger partial charge in [0.05, 0.1) is 11.7 Å². The average molecular weight is 649 g/mol. The molecule has 1 aliphatic carbocycles. The van der Waals surface area contributed by atoms with Crippen molar-refractivity contribution in [3.8, 4) is 11.3 Å². The number of halogens is 2. The first-order chi connectivity index (χ1) is 22.2. The SMILES string of the molecule is CC(=Nc1c(C)cc(-c2nc(NC(C)(C)/C=C\C3=C(C)CCN(C4CCN(C)CC4)C3)ncc2F)cc1F)C(C)C.CC1CCCC1. The molecule has 1 N–H and O–H groups in total. The number of benzene rings is 1. The van der Waals surface area contributed by atoms with Crippen LogP contribution in [0.2, 0.25) is 0 Å². The third kappa shape index (κ3) is 10.5. The number of rotatable bonds is 8. The van der Waals surface area contributed by atoms with Crippen LogP contribution >= 0.6 is 0 Å². The standard InChI is InChI=1S/C33H46F2N6.C6H12/c1-21(2)24(5)37-30-23(4)17-26(18-28(30)34)31-29(35)19-36-32(38-31)39-33(6,7)13-9-25-20-41(16-10-22(25)3)27-11-14-40(8)15-12-27;1-6-4-2-3-5-6/h9,13,17-19,21,27H,10-12,14-16,20H2,1-8H3,(H,36,38,39);6H,2-5H2,1H3/b13-9-,37-24?;. The molecule has 5 rings (SSSR count). The number of aromatic nitrogens is 2. The largest absolute Gasteiger partial charge is 0.346 e. The second-order valence-electron chi connectivity index (χ2n) is 15.1. The molecule has 0 radical (unpaired) electrons. The van der Waals surface area contributed by atoms with Crippen molar-refractivity contribution in [1.29, 1.82) is 0 Å². The number of nitrogens with zero attached hydrogens (tertiary/aromatic N) is 5. The predicted molar refractivity (Wildman–Crippen MR) is 194 cm³/mol. The Kier molecular flexibility index (Phi) is 12.9. The maximum Gasteiger partial charge on any atom is 0.224 e. The van der Waals surface area contributed by atoms with Gasteiger partial charge in [-0.1, -0.05) is 64.2 Å². The average Bonchev–Trinajstić information content (AvgIpc) is 3.50. The summed E-state index contributed by atoms with van der Waals surface area (Å²) in [4.78, 5) is 18.2. The lowest BCUT2D eigenvalue weighted by atomic mass is 9.94. The van der Waals surface area contributed by atoms with E-state index in [9.17, 15) is 4.39 Å². The van der Waals surface area contributed by atoms with Crippen LogP contribution in [0.25, 0.3) is 11.3 Å². The molecule has 3 aliphatic rings. The molecule has 2 aromatic rings. The van der Waals surface area contributed by atoms with E-state index < -0.39 is 17.2 Å². The number of hydrogen-bond donors (Lipinski definition) is 1. The molecule has 0 amide bonds. The van der Waals surface area contributed by atoms with E-state index in [-0.39, 0.29) is 23.2 Å². The summed E-state index contributed by atoms with van der Waals surface area (Å²) in [5.74, 6) is 0.435. The molecule has 1 aromatic heterocycles. The van der Waals surface area contributed by atoms with Gasteiger partial charge in [0.15, 0.2) is 5.82 Å². The Morgan fingerprint density at radius 1 is 1.04 bits per heavy atom. The van der Waals surface area contributed by atoms with Crippen LogP contribution < -0.4 is 5.32 Å². The van der Waals surface area contributed by atoms with Crippen molar-refractivity contribution in [2.45, 2.75) is 112 Å². The number of nitrogens with one attached hydrogen (secondary N) is 1. The molecule has 47 heavy (non-hydrogen) atoms. The maximum atomic E-state index is 15.1. The highest BCUT2D eigenvalue weighted by Crippen LogP contribution is 2.32. The van der Waals surface area contributed by atoms with Crippen molar-refractivity contribution in [3.63, 3.8) is 0 Å². The van der Waals surface area contributed by atoms with Crippen molar-refractivity contribution < 1.29 is 8.78 Å². The van der Waals surface area contributed by atoms with Crippen LogP contribution in [-0.4, -0.2) is 70.3 Å². The fourth-order valence-corrected chi connectivity index (χ4v) is 6.49. The molecular formula is C39H58F2N6. The van der Waals surface area contributed by atoms with Gasteiger partial charge in [0.2, 0.25) is 5.95 Å². The van der Waals surface area contributed by atoms with E-state index in [0.717, 1.165) is 50.4 Å². The fourth-order valence-electron chi connectivity index (χ4n) is 6.49. The Hall–Kier alpha value is -2.97. The van der Waals surface area contributed by atoms with Gasteiger partial charge in [-0.25, -0.2) is 18.7 Å². The van der Waals surface area contributed by atoms with Gasteiger partial charge in [0.25, 0.3) is 0 Å². The van der Waals surface area contributed by atoms with Crippen LogP contribution in [0.5, 0.6) is 0 Å². The molecule has 8 heteroatoms. The number of likely N-dealkylation sites (tertiary alicyclic amines) is 1. The van der Waals surface area contributed by atoms with Crippen LogP contribution in [0.4, 0.5) is 20.4 Å². The van der Waals surface area contributed by atoms with Crippen molar-refractivity contribution in [3.05, 3.63) is 58.8 Å². The summed E-state index contributed by atoms with van der Waals surface area (Å²) in [5.41, 5.74) is 4.44. The number of hydrogen-bond acceptors (Lipinski definition) is 6. The molecule has 6 nitrogen and oxygen atoms in total. The number of aliphatic imine (C=N–C) groups is 1. The van der Waals surface area contributed by atoms with Crippen LogP contribution in [0.1, 0.15) is 99.0 Å². The Labute approximate surface area is 282 Å². The number of aryl methyl sites for hydroxylation is 1. The number of anilines is 1. The molecule has 0 atom stereocenters. The molecule has 1 saturated heterocycles. The summed E-state index contributed by atoms with van der Waals surface area (Å²) in [6, 6.07) is 3.67. The molecule has 0 spiro atoms. The summed E-state index contributed by atoms with van der Waals surface area (Å²) >= 11 is 0. The molecule has 2 fully saturated rings. The zero-order chi connectivity index (χ0) is 34.3. The van der Waals surface area contributed by atoms with Gasteiger partial charge in [-0.05, 0) is 109 Å². The summed E-state index contributed by atoms with van der Waals surface area (Å²) < 4.78 is 30.0. The summed E-state index contributed by atoms with van der Waals surface area (Å²) in [7, 11) is 2.20. The van der Waals surface area contributed by atoms with Crippen molar-refractivity contribution >= 4 is 17.3 Å². The molecule has 1 saturated carbocycles. The van der Waals surface area contributed by atoms with E-state index in [2.05, 4.69) is 63.1 Å². The molecular weight excluding hydrogens is 590 g/mol. The Morgan fingerprint density at radius 3 is 2.32 bits per heavy atom. The monoisotopic (exact) mass is 648 g/mol. The Bertz CT molecular complexity index is 1420. The zero-order valence-corrected chi connectivity index (χ0v) is 30.4. The summed E-state index contributed by atoms with van der Waals surface area (Å²) in [5, 5.41) is 3.34. The van der Waals surface area contributed by atoms with Crippen LogP contribution in [-0.2, 0) is 0 Å². The molecule has 2 aliphatic heterocycles. The third-order valence-electron chi connectivity index (χ3n) is 10.1. The zero-order valence-electron chi connectivity index (χ0n) is 30.4. The van der Waals surface area contributed by atoms with E-state index in [1.54, 1.807) is 13.0 Å². The summed E-state index contributed by atoms with van der Waals surface area (Å²) in [6.07, 6.45) is 15.0. The third-order valence-corrected chi connectivity index (χ3v) is 10.1. The van der Waals surface area contributed by atoms with Crippen molar-refractivity contribution in [2.75, 3.05) is 38.5 Å². The maximum absolute atomic E-state index is 15.1. The topological polar surface area (TPSA) is 56.7 Å². The first-order valence-electron chi connectivity index (χ1n) is 17.7. The van der Waals surface area contributed by atoms with Gasteiger partial charge in [-0.3, -0.25) is 9.89 Å². The van der Waals surface area contributed by atoms with Gasteiger partial charge < -0.3 is 10.2 Å². The smallest absolute Gasteiger partial charge is 0.224 e. The molecule has 3 heterocycles. The van der Waals surface area contributed by atoms with Gasteiger partial charge in [-0.15, -0.1) is 0 Å². The fraction of sp³-hybridized carbons (Fsp3) is 0.615. The normalized spacial score (nSPS) is 19.5.